The lowest BCUT2D eigenvalue weighted by atomic mass is 10.2. The smallest absolute Gasteiger partial charge is 0.126 e. The Labute approximate surface area is 117 Å². The normalized spacial score (nSPS) is 10.3. The zero-order valence-corrected chi connectivity index (χ0v) is 11.3. The van der Waals surface area contributed by atoms with Gasteiger partial charge in [0.2, 0.25) is 0 Å². The molecular formula is C16H17F2NO. The van der Waals surface area contributed by atoms with Crippen molar-refractivity contribution in [2.75, 3.05) is 11.9 Å². The molecule has 0 atom stereocenters. The van der Waals surface area contributed by atoms with Crippen LogP contribution in [0.1, 0.15) is 18.9 Å². The molecule has 2 aromatic carbocycles. The molecule has 2 nitrogen and oxygen atoms in total. The number of anilines is 1. The first-order valence-electron chi connectivity index (χ1n) is 6.59. The van der Waals surface area contributed by atoms with Crippen LogP contribution in [0.5, 0.6) is 5.75 Å². The first-order chi connectivity index (χ1) is 9.67. The van der Waals surface area contributed by atoms with E-state index in [9.17, 15) is 8.78 Å². The molecule has 20 heavy (non-hydrogen) atoms. The molecule has 2 rings (SSSR count). The summed E-state index contributed by atoms with van der Waals surface area (Å²) in [7, 11) is 0. The monoisotopic (exact) mass is 277 g/mol. The predicted octanol–water partition coefficient (Wildman–Crippen LogP) is 4.37. The van der Waals surface area contributed by atoms with Crippen molar-refractivity contribution in [3.8, 4) is 5.75 Å². The van der Waals surface area contributed by atoms with Gasteiger partial charge in [-0.15, -0.1) is 0 Å². The summed E-state index contributed by atoms with van der Waals surface area (Å²) in [5.74, 6) is -0.315. The quantitative estimate of drug-likeness (QED) is 0.846. The molecule has 1 N–H and O–H groups in total. The standard InChI is InChI=1S/C16H17F2NO/c1-2-7-20-16-5-3-15(4-6-16)19-11-12-8-13(17)10-14(18)9-12/h3-6,8-10,19H,2,7,11H2,1H3. The third-order valence-electron chi connectivity index (χ3n) is 2.75. The van der Waals surface area contributed by atoms with Crippen LogP contribution in [0.3, 0.4) is 0 Å². The van der Waals surface area contributed by atoms with Gasteiger partial charge < -0.3 is 10.1 Å². The molecule has 0 heterocycles. The molecule has 0 saturated heterocycles. The zero-order valence-electron chi connectivity index (χ0n) is 11.3. The largest absolute Gasteiger partial charge is 0.494 e. The van der Waals surface area contributed by atoms with Gasteiger partial charge in [0.1, 0.15) is 17.4 Å². The van der Waals surface area contributed by atoms with Gasteiger partial charge in [-0.2, -0.15) is 0 Å². The van der Waals surface area contributed by atoms with Crippen molar-refractivity contribution < 1.29 is 13.5 Å². The van der Waals surface area contributed by atoms with Crippen molar-refractivity contribution in [2.24, 2.45) is 0 Å². The van der Waals surface area contributed by atoms with Crippen LogP contribution in [0, 0.1) is 11.6 Å². The maximum Gasteiger partial charge on any atom is 0.126 e. The van der Waals surface area contributed by atoms with E-state index in [4.69, 9.17) is 4.74 Å². The molecule has 0 aromatic heterocycles. The Morgan fingerprint density at radius 1 is 1.00 bits per heavy atom. The van der Waals surface area contributed by atoms with E-state index in [1.807, 2.05) is 31.2 Å². The van der Waals surface area contributed by atoms with Crippen LogP contribution in [0.15, 0.2) is 42.5 Å². The number of ether oxygens (including phenoxy) is 1. The molecule has 0 radical (unpaired) electrons. The molecule has 0 unspecified atom stereocenters. The van der Waals surface area contributed by atoms with Gasteiger partial charge in [-0.25, -0.2) is 8.78 Å². The highest BCUT2D eigenvalue weighted by molar-refractivity contribution is 5.46. The maximum atomic E-state index is 13.0. The van der Waals surface area contributed by atoms with Crippen molar-refractivity contribution in [2.45, 2.75) is 19.9 Å². The fourth-order valence-corrected chi connectivity index (χ4v) is 1.81. The second-order valence-electron chi connectivity index (χ2n) is 4.50. The van der Waals surface area contributed by atoms with Gasteiger partial charge in [0.05, 0.1) is 6.61 Å². The molecule has 0 aliphatic carbocycles. The average Bonchev–Trinajstić information content (AvgIpc) is 2.43. The van der Waals surface area contributed by atoms with Gasteiger partial charge in [-0.3, -0.25) is 0 Å². The number of rotatable bonds is 6. The maximum absolute atomic E-state index is 13.0. The minimum Gasteiger partial charge on any atom is -0.494 e. The van der Waals surface area contributed by atoms with Crippen LogP contribution in [0.25, 0.3) is 0 Å². The highest BCUT2D eigenvalue weighted by Gasteiger charge is 2.01. The van der Waals surface area contributed by atoms with E-state index in [0.717, 1.165) is 23.9 Å². The van der Waals surface area contributed by atoms with Crippen LogP contribution in [-0.2, 0) is 6.54 Å². The van der Waals surface area contributed by atoms with E-state index in [2.05, 4.69) is 5.32 Å². The van der Waals surface area contributed by atoms with Gasteiger partial charge in [-0.1, -0.05) is 6.92 Å². The van der Waals surface area contributed by atoms with E-state index in [1.54, 1.807) is 0 Å². The van der Waals surface area contributed by atoms with Crippen LogP contribution >= 0.6 is 0 Å². The highest BCUT2D eigenvalue weighted by atomic mass is 19.1. The number of nitrogens with one attached hydrogen (secondary N) is 1. The lowest BCUT2D eigenvalue weighted by Gasteiger charge is -2.09. The summed E-state index contributed by atoms with van der Waals surface area (Å²) in [6.07, 6.45) is 0.963. The van der Waals surface area contributed by atoms with Crippen molar-refractivity contribution >= 4 is 5.69 Å². The Balaban J connectivity index is 1.93. The van der Waals surface area contributed by atoms with E-state index < -0.39 is 11.6 Å². The lowest BCUT2D eigenvalue weighted by molar-refractivity contribution is 0.317. The summed E-state index contributed by atoms with van der Waals surface area (Å²) in [5, 5.41) is 3.11. The Hall–Kier alpha value is -2.10. The van der Waals surface area contributed by atoms with Crippen LogP contribution in [0.4, 0.5) is 14.5 Å². The Morgan fingerprint density at radius 3 is 2.25 bits per heavy atom. The number of hydrogen-bond donors (Lipinski definition) is 1. The van der Waals surface area contributed by atoms with Crippen LogP contribution in [-0.4, -0.2) is 6.61 Å². The first-order valence-corrected chi connectivity index (χ1v) is 6.59. The Bertz CT molecular complexity index is 535. The molecular weight excluding hydrogens is 260 g/mol. The fraction of sp³-hybridized carbons (Fsp3) is 0.250. The third kappa shape index (κ3) is 4.23. The van der Waals surface area contributed by atoms with Gasteiger partial charge in [0.15, 0.2) is 0 Å². The van der Waals surface area contributed by atoms with E-state index >= 15 is 0 Å². The van der Waals surface area contributed by atoms with Gasteiger partial charge in [0, 0.05) is 18.3 Å². The van der Waals surface area contributed by atoms with Gasteiger partial charge in [-0.05, 0) is 48.4 Å². The first kappa shape index (κ1) is 14.3. The topological polar surface area (TPSA) is 21.3 Å². The fourth-order valence-electron chi connectivity index (χ4n) is 1.81. The lowest BCUT2D eigenvalue weighted by Crippen LogP contribution is -2.01. The summed E-state index contributed by atoms with van der Waals surface area (Å²) < 4.78 is 31.6. The van der Waals surface area contributed by atoms with E-state index in [0.29, 0.717) is 18.7 Å². The molecule has 2 aromatic rings. The van der Waals surface area contributed by atoms with Crippen LogP contribution < -0.4 is 10.1 Å². The SMILES string of the molecule is CCCOc1ccc(NCc2cc(F)cc(F)c2)cc1. The Morgan fingerprint density at radius 2 is 1.65 bits per heavy atom. The van der Waals surface area contributed by atoms with Crippen molar-refractivity contribution in [3.63, 3.8) is 0 Å². The molecule has 106 valence electrons. The summed E-state index contributed by atoms with van der Waals surface area (Å²) >= 11 is 0. The Kier molecular flexibility index (Phi) is 4.93. The summed E-state index contributed by atoms with van der Waals surface area (Å²) in [6, 6.07) is 11.0. The molecule has 0 aliphatic rings. The average molecular weight is 277 g/mol. The van der Waals surface area contributed by atoms with Gasteiger partial charge in [0.25, 0.3) is 0 Å². The highest BCUT2D eigenvalue weighted by Crippen LogP contribution is 2.17. The molecule has 0 amide bonds. The van der Waals surface area contributed by atoms with Crippen molar-refractivity contribution in [1.82, 2.24) is 0 Å². The molecule has 0 fully saturated rings. The van der Waals surface area contributed by atoms with Gasteiger partial charge >= 0.3 is 0 Å². The predicted molar refractivity (Wildman–Crippen MR) is 75.9 cm³/mol. The van der Waals surface area contributed by atoms with Crippen molar-refractivity contribution in [3.05, 3.63) is 59.7 Å². The third-order valence-corrected chi connectivity index (χ3v) is 2.75. The summed E-state index contributed by atoms with van der Waals surface area (Å²) in [5.41, 5.74) is 1.44. The molecule has 0 spiro atoms. The van der Waals surface area contributed by atoms with Crippen molar-refractivity contribution in [1.29, 1.82) is 0 Å². The number of benzene rings is 2. The molecule has 0 saturated carbocycles. The number of hydrogen-bond acceptors (Lipinski definition) is 2. The van der Waals surface area contributed by atoms with E-state index in [1.165, 1.54) is 12.1 Å². The second kappa shape index (κ2) is 6.89. The molecule has 0 bridgehead atoms. The minimum absolute atomic E-state index is 0.365. The number of halogens is 2. The van der Waals surface area contributed by atoms with Crippen LogP contribution in [0.2, 0.25) is 0 Å². The summed E-state index contributed by atoms with van der Waals surface area (Å²) in [4.78, 5) is 0. The summed E-state index contributed by atoms with van der Waals surface area (Å²) in [6.45, 7) is 3.10. The van der Waals surface area contributed by atoms with E-state index in [-0.39, 0.29) is 0 Å². The second-order valence-corrected chi connectivity index (χ2v) is 4.50. The molecule has 4 heteroatoms. The molecule has 0 aliphatic heterocycles. The minimum atomic E-state index is -0.565. The zero-order chi connectivity index (χ0) is 14.4.